The van der Waals surface area contributed by atoms with Crippen LogP contribution in [0.1, 0.15) is 25.1 Å². The molecule has 1 aliphatic carbocycles. The third-order valence-electron chi connectivity index (χ3n) is 3.87. The maximum absolute atomic E-state index is 12.8. The summed E-state index contributed by atoms with van der Waals surface area (Å²) in [6.45, 7) is 1.86. The van der Waals surface area contributed by atoms with Crippen LogP contribution in [0.15, 0.2) is 6.07 Å². The smallest absolute Gasteiger partial charge is 0.373 e. The van der Waals surface area contributed by atoms with Gasteiger partial charge >= 0.3 is 6.18 Å². The van der Waals surface area contributed by atoms with Gasteiger partial charge in [-0.25, -0.2) is 9.97 Å². The van der Waals surface area contributed by atoms with Crippen molar-refractivity contribution >= 4 is 11.6 Å². The summed E-state index contributed by atoms with van der Waals surface area (Å²) in [6.07, 6.45) is -1.14. The summed E-state index contributed by atoms with van der Waals surface area (Å²) in [5.74, 6) is -0.727. The Hall–Kier alpha value is -1.57. The number of aromatic nitrogens is 2. The fourth-order valence-corrected chi connectivity index (χ4v) is 2.66. The van der Waals surface area contributed by atoms with Crippen LogP contribution in [0.2, 0.25) is 0 Å². The van der Waals surface area contributed by atoms with E-state index in [4.69, 9.17) is 0 Å². The predicted octanol–water partition coefficient (Wildman–Crippen LogP) is 2.19. The molecule has 2 heterocycles. The molecular weight excluding hydrogens is 283 g/mol. The van der Waals surface area contributed by atoms with Gasteiger partial charge in [0, 0.05) is 38.3 Å². The Morgan fingerprint density at radius 3 is 2.52 bits per heavy atom. The zero-order valence-corrected chi connectivity index (χ0v) is 11.7. The van der Waals surface area contributed by atoms with Crippen LogP contribution in [0.25, 0.3) is 0 Å². The molecule has 2 fully saturated rings. The van der Waals surface area contributed by atoms with Crippen LogP contribution in [0.3, 0.4) is 0 Å². The van der Waals surface area contributed by atoms with Gasteiger partial charge in [-0.2, -0.15) is 13.2 Å². The average molecular weight is 301 g/mol. The largest absolute Gasteiger partial charge is 0.451 e. The van der Waals surface area contributed by atoms with E-state index in [1.165, 1.54) is 26.0 Å². The molecule has 1 atom stereocenters. The molecule has 0 radical (unpaired) electrons. The first kappa shape index (κ1) is 14.4. The highest BCUT2D eigenvalue weighted by atomic mass is 19.4. The molecule has 5 nitrogen and oxygen atoms in total. The first-order valence-electron chi connectivity index (χ1n) is 7.10. The summed E-state index contributed by atoms with van der Waals surface area (Å²) >= 11 is 0. The molecule has 1 saturated heterocycles. The minimum atomic E-state index is -4.54. The second kappa shape index (κ2) is 5.32. The molecule has 1 saturated carbocycles. The molecule has 116 valence electrons. The van der Waals surface area contributed by atoms with Gasteiger partial charge in [-0.3, -0.25) is 4.90 Å². The van der Waals surface area contributed by atoms with Crippen LogP contribution in [0.4, 0.5) is 24.8 Å². The minimum Gasteiger partial charge on any atom is -0.373 e. The minimum absolute atomic E-state index is 0.145. The Labute approximate surface area is 120 Å². The lowest BCUT2D eigenvalue weighted by atomic mass is 10.2. The van der Waals surface area contributed by atoms with E-state index in [2.05, 4.69) is 25.5 Å². The molecule has 8 heteroatoms. The number of likely N-dealkylation sites (tertiary alicyclic amines) is 1. The molecule has 1 aliphatic heterocycles. The average Bonchev–Trinajstić information content (AvgIpc) is 3.18. The van der Waals surface area contributed by atoms with E-state index >= 15 is 0 Å². The van der Waals surface area contributed by atoms with Gasteiger partial charge in [0.15, 0.2) is 0 Å². The first-order valence-corrected chi connectivity index (χ1v) is 7.10. The number of anilines is 2. The van der Waals surface area contributed by atoms with Crippen molar-refractivity contribution in [1.82, 2.24) is 14.9 Å². The Balaban J connectivity index is 1.72. The summed E-state index contributed by atoms with van der Waals surface area (Å²) in [5, 5.41) is 5.75. The molecule has 1 aromatic heterocycles. The van der Waals surface area contributed by atoms with Crippen molar-refractivity contribution in [3.05, 3.63) is 11.9 Å². The summed E-state index contributed by atoms with van der Waals surface area (Å²) in [4.78, 5) is 9.44. The van der Waals surface area contributed by atoms with Gasteiger partial charge in [-0.1, -0.05) is 0 Å². The lowest BCUT2D eigenvalue weighted by Crippen LogP contribution is -2.28. The molecule has 1 unspecified atom stereocenters. The van der Waals surface area contributed by atoms with Crippen LogP contribution < -0.4 is 10.6 Å². The van der Waals surface area contributed by atoms with Gasteiger partial charge in [0.05, 0.1) is 0 Å². The van der Waals surface area contributed by atoms with Crippen LogP contribution in [0.5, 0.6) is 0 Å². The van der Waals surface area contributed by atoms with Crippen LogP contribution in [0, 0.1) is 0 Å². The van der Waals surface area contributed by atoms with Gasteiger partial charge < -0.3 is 10.6 Å². The van der Waals surface area contributed by atoms with E-state index in [1.807, 2.05) is 0 Å². The molecule has 2 aliphatic rings. The van der Waals surface area contributed by atoms with Crippen molar-refractivity contribution < 1.29 is 13.2 Å². The van der Waals surface area contributed by atoms with E-state index in [-0.39, 0.29) is 17.7 Å². The van der Waals surface area contributed by atoms with Crippen LogP contribution in [-0.4, -0.2) is 47.1 Å². The number of alkyl halides is 3. The predicted molar refractivity (Wildman–Crippen MR) is 73.2 cm³/mol. The normalized spacial score (nSPS) is 23.3. The van der Waals surface area contributed by atoms with Crippen molar-refractivity contribution in [3.63, 3.8) is 0 Å². The second-order valence-corrected chi connectivity index (χ2v) is 5.57. The maximum Gasteiger partial charge on any atom is 0.451 e. The highest BCUT2D eigenvalue weighted by Crippen LogP contribution is 2.31. The van der Waals surface area contributed by atoms with Crippen LogP contribution >= 0.6 is 0 Å². The molecule has 0 amide bonds. The monoisotopic (exact) mass is 301 g/mol. The van der Waals surface area contributed by atoms with E-state index in [1.54, 1.807) is 0 Å². The van der Waals surface area contributed by atoms with E-state index in [0.29, 0.717) is 6.04 Å². The molecule has 3 rings (SSSR count). The van der Waals surface area contributed by atoms with Crippen molar-refractivity contribution in [2.24, 2.45) is 0 Å². The highest BCUT2D eigenvalue weighted by molar-refractivity contribution is 5.48. The molecule has 0 bridgehead atoms. The van der Waals surface area contributed by atoms with E-state index < -0.39 is 12.0 Å². The SMILES string of the molecule is CNc1cc(NC2CCN(C3CC3)C2)nc(C(F)(F)F)n1. The standard InChI is InChI=1S/C13H18F3N5/c1-17-10-6-11(20-12(19-10)13(14,15)16)18-8-4-5-21(7-8)9-2-3-9/h6,8-9H,2-5,7H2,1H3,(H2,17,18,19,20). The lowest BCUT2D eigenvalue weighted by molar-refractivity contribution is -0.144. The molecule has 2 N–H and O–H groups in total. The van der Waals surface area contributed by atoms with E-state index in [9.17, 15) is 13.2 Å². The third-order valence-corrected chi connectivity index (χ3v) is 3.87. The first-order chi connectivity index (χ1) is 9.95. The number of halogens is 3. The lowest BCUT2D eigenvalue weighted by Gasteiger charge is -2.17. The van der Waals surface area contributed by atoms with Gasteiger partial charge in [0.2, 0.25) is 5.82 Å². The van der Waals surface area contributed by atoms with E-state index in [0.717, 1.165) is 19.5 Å². The Kier molecular flexibility index (Phi) is 3.64. The summed E-state index contributed by atoms with van der Waals surface area (Å²) < 4.78 is 38.4. The van der Waals surface area contributed by atoms with Crippen molar-refractivity contribution in [1.29, 1.82) is 0 Å². The number of nitrogens with one attached hydrogen (secondary N) is 2. The maximum atomic E-state index is 12.8. The number of nitrogens with zero attached hydrogens (tertiary/aromatic N) is 3. The fourth-order valence-electron chi connectivity index (χ4n) is 2.66. The van der Waals surface area contributed by atoms with Gasteiger partial charge in [-0.15, -0.1) is 0 Å². The second-order valence-electron chi connectivity index (χ2n) is 5.57. The number of hydrogen-bond acceptors (Lipinski definition) is 5. The summed E-state index contributed by atoms with van der Waals surface area (Å²) in [7, 11) is 1.54. The zero-order valence-electron chi connectivity index (χ0n) is 11.7. The van der Waals surface area contributed by atoms with Crippen molar-refractivity contribution in [2.75, 3.05) is 30.8 Å². The number of rotatable bonds is 4. The molecule has 21 heavy (non-hydrogen) atoms. The fraction of sp³-hybridized carbons (Fsp3) is 0.692. The van der Waals surface area contributed by atoms with Gasteiger partial charge in [-0.05, 0) is 19.3 Å². The third kappa shape index (κ3) is 3.37. The quantitative estimate of drug-likeness (QED) is 0.893. The molecule has 1 aromatic rings. The zero-order chi connectivity index (χ0) is 15.0. The summed E-state index contributed by atoms with van der Waals surface area (Å²) in [5.41, 5.74) is 0. The van der Waals surface area contributed by atoms with Crippen molar-refractivity contribution in [2.45, 2.75) is 37.5 Å². The van der Waals surface area contributed by atoms with Gasteiger partial charge in [0.25, 0.3) is 0 Å². The molecule has 0 aromatic carbocycles. The Morgan fingerprint density at radius 2 is 1.90 bits per heavy atom. The van der Waals surface area contributed by atoms with Gasteiger partial charge in [0.1, 0.15) is 11.6 Å². The Bertz CT molecular complexity index is 515. The topological polar surface area (TPSA) is 53.1 Å². The summed E-state index contributed by atoms with van der Waals surface area (Å²) in [6, 6.07) is 2.33. The Morgan fingerprint density at radius 1 is 1.19 bits per heavy atom. The number of hydrogen-bond donors (Lipinski definition) is 2. The van der Waals surface area contributed by atoms with Crippen molar-refractivity contribution in [3.8, 4) is 0 Å². The molecular formula is C13H18F3N5. The van der Waals surface area contributed by atoms with Crippen LogP contribution in [-0.2, 0) is 6.18 Å². The molecule has 0 spiro atoms. The highest BCUT2D eigenvalue weighted by Gasteiger charge is 2.37.